The lowest BCUT2D eigenvalue weighted by Crippen LogP contribution is -2.26. The molecular formula is C57H44N2O2S. The Balaban J connectivity index is 1.11. The smallest absolute Gasteiger partial charge is 0.346 e. The van der Waals surface area contributed by atoms with E-state index in [1.54, 1.807) is 17.4 Å². The van der Waals surface area contributed by atoms with Crippen LogP contribution in [-0.4, -0.2) is 11.1 Å². The monoisotopic (exact) mass is 820 g/mol. The number of nitriles is 1. The average Bonchev–Trinajstić information content (AvgIpc) is 3.96. The maximum atomic E-state index is 12.0. The summed E-state index contributed by atoms with van der Waals surface area (Å²) < 4.78 is 0. The van der Waals surface area contributed by atoms with Gasteiger partial charge in [0.1, 0.15) is 11.6 Å². The Bertz CT molecular complexity index is 2960. The van der Waals surface area contributed by atoms with E-state index in [0.717, 1.165) is 81.2 Å². The predicted octanol–water partition coefficient (Wildman–Crippen LogP) is 15.0. The number of hydrogen-bond donors (Lipinski definition) is 1. The van der Waals surface area contributed by atoms with Crippen LogP contribution < -0.4 is 4.90 Å². The van der Waals surface area contributed by atoms with E-state index in [1.165, 1.54) is 44.5 Å². The number of anilines is 3. The fourth-order valence-corrected chi connectivity index (χ4v) is 10.9. The largest absolute Gasteiger partial charge is 0.477 e. The molecule has 0 aliphatic heterocycles. The zero-order valence-electron chi connectivity index (χ0n) is 34.5. The van der Waals surface area contributed by atoms with Crippen molar-refractivity contribution < 1.29 is 9.90 Å². The topological polar surface area (TPSA) is 64.3 Å². The summed E-state index contributed by atoms with van der Waals surface area (Å²) in [5.41, 5.74) is 17.0. The number of carbonyl (C=O) groups is 1. The minimum Gasteiger partial charge on any atom is -0.477 e. The molecule has 0 bridgehead atoms. The van der Waals surface area contributed by atoms with E-state index in [1.807, 2.05) is 6.07 Å². The van der Waals surface area contributed by atoms with Gasteiger partial charge in [-0.05, 0) is 140 Å². The van der Waals surface area contributed by atoms with Crippen molar-refractivity contribution in [2.45, 2.75) is 44.4 Å². The van der Waals surface area contributed by atoms with Crippen molar-refractivity contribution in [3.05, 3.63) is 214 Å². The minimum absolute atomic E-state index is 0.245. The second-order valence-corrected chi connectivity index (χ2v) is 17.3. The predicted molar refractivity (Wildman–Crippen MR) is 255 cm³/mol. The van der Waals surface area contributed by atoms with Crippen LogP contribution in [0, 0.1) is 11.3 Å². The standard InChI is InChI=1S/C57H44N2O2S/c1-2-3-4-7-16-40-35-54(62-55(40)36-42(37-58)56(60)61)41-28-32-49-48-31-27-39(38-25-29-45(30-26-38)59(43-17-8-5-9-18-43)44-19-10-6-11-20-44)33-52(48)57(53(49)34-41)50-23-14-12-21-46(50)47-22-13-15-24-51(47)57/h5-6,8-15,17-36H,2-4,7,16H2,1H3,(H,60,61)/b42-36+. The molecule has 1 N–H and O–H groups in total. The van der Waals surface area contributed by atoms with Crippen LogP contribution in [0.25, 0.3) is 49.9 Å². The first-order valence-electron chi connectivity index (χ1n) is 21.5. The number of thiophene rings is 1. The first-order chi connectivity index (χ1) is 30.5. The van der Waals surface area contributed by atoms with Gasteiger partial charge in [-0.2, -0.15) is 5.26 Å². The van der Waals surface area contributed by atoms with Crippen LogP contribution in [0.5, 0.6) is 0 Å². The van der Waals surface area contributed by atoms with Crippen LogP contribution >= 0.6 is 11.3 Å². The molecule has 0 fully saturated rings. The number of aryl methyl sites for hydroxylation is 1. The number of unbranched alkanes of at least 4 members (excludes halogenated alkanes) is 3. The van der Waals surface area contributed by atoms with Gasteiger partial charge in [0.15, 0.2) is 0 Å². The Morgan fingerprint density at radius 1 is 0.597 bits per heavy atom. The number of para-hydroxylation sites is 2. The Labute approximate surface area is 367 Å². The zero-order valence-corrected chi connectivity index (χ0v) is 35.3. The second kappa shape index (κ2) is 16.3. The van der Waals surface area contributed by atoms with Crippen LogP contribution in [0.2, 0.25) is 0 Å². The molecule has 7 aromatic carbocycles. The highest BCUT2D eigenvalue weighted by Gasteiger charge is 2.51. The van der Waals surface area contributed by atoms with Crippen molar-refractivity contribution in [3.8, 4) is 49.9 Å². The van der Waals surface area contributed by atoms with Gasteiger partial charge < -0.3 is 10.0 Å². The van der Waals surface area contributed by atoms with Crippen LogP contribution in [-0.2, 0) is 16.6 Å². The van der Waals surface area contributed by atoms with Gasteiger partial charge in [-0.25, -0.2) is 4.79 Å². The third-order valence-corrected chi connectivity index (χ3v) is 13.8. The fourth-order valence-electron chi connectivity index (χ4n) is 9.79. The summed E-state index contributed by atoms with van der Waals surface area (Å²) >= 11 is 1.57. The minimum atomic E-state index is -1.20. The van der Waals surface area contributed by atoms with Gasteiger partial charge in [0, 0.05) is 26.8 Å². The normalized spacial score (nSPS) is 12.9. The molecule has 0 unspecified atom stereocenters. The molecule has 5 heteroatoms. The van der Waals surface area contributed by atoms with Crippen molar-refractivity contribution in [2.24, 2.45) is 0 Å². The number of aliphatic carboxylic acids is 1. The Kier molecular flexibility index (Phi) is 10.2. The van der Waals surface area contributed by atoms with Gasteiger partial charge in [0.05, 0.1) is 5.41 Å². The van der Waals surface area contributed by atoms with Crippen molar-refractivity contribution >= 4 is 40.4 Å². The van der Waals surface area contributed by atoms with E-state index in [0.29, 0.717) is 0 Å². The van der Waals surface area contributed by atoms with E-state index < -0.39 is 11.4 Å². The van der Waals surface area contributed by atoms with E-state index >= 15 is 0 Å². The molecule has 8 aromatic rings. The molecule has 4 nitrogen and oxygen atoms in total. The molecule has 0 saturated carbocycles. The number of fused-ring (bicyclic) bond motifs is 10. The fraction of sp³-hybridized carbons (Fsp3) is 0.123. The molecule has 0 radical (unpaired) electrons. The van der Waals surface area contributed by atoms with Gasteiger partial charge in [-0.1, -0.05) is 148 Å². The summed E-state index contributed by atoms with van der Waals surface area (Å²) in [6.45, 7) is 2.20. The molecule has 0 atom stereocenters. The quantitative estimate of drug-likeness (QED) is 0.0757. The van der Waals surface area contributed by atoms with E-state index in [2.05, 4.69) is 188 Å². The number of nitrogens with zero attached hydrogens (tertiary/aromatic N) is 2. The Hall–Kier alpha value is -7.26. The van der Waals surface area contributed by atoms with Gasteiger partial charge in [0.2, 0.25) is 0 Å². The van der Waals surface area contributed by atoms with Crippen molar-refractivity contribution in [3.63, 3.8) is 0 Å². The van der Waals surface area contributed by atoms with Crippen LogP contribution in [0.3, 0.4) is 0 Å². The summed E-state index contributed by atoms with van der Waals surface area (Å²) in [6.07, 6.45) is 6.82. The SMILES string of the molecule is CCCCCCc1cc(-c2ccc3c(c2)C2(c4ccccc4-c4ccccc42)c2cc(-c4ccc(N(c5ccccc5)c5ccccc5)cc4)ccc2-3)sc1/C=C(\C#N)C(=O)O. The Morgan fingerprint density at radius 3 is 1.69 bits per heavy atom. The molecule has 300 valence electrons. The highest BCUT2D eigenvalue weighted by Crippen LogP contribution is 2.63. The van der Waals surface area contributed by atoms with Crippen LogP contribution in [0.1, 0.15) is 65.3 Å². The third-order valence-electron chi connectivity index (χ3n) is 12.6. The van der Waals surface area contributed by atoms with Crippen LogP contribution in [0.15, 0.2) is 181 Å². The van der Waals surface area contributed by atoms with E-state index in [4.69, 9.17) is 0 Å². The van der Waals surface area contributed by atoms with Crippen molar-refractivity contribution in [2.75, 3.05) is 4.90 Å². The number of carboxylic acid groups (broad SMARTS) is 1. The molecule has 1 heterocycles. The molecule has 2 aliphatic rings. The summed E-state index contributed by atoms with van der Waals surface area (Å²) in [7, 11) is 0. The Morgan fingerprint density at radius 2 is 1.11 bits per heavy atom. The van der Waals surface area contributed by atoms with Gasteiger partial charge in [-0.3, -0.25) is 0 Å². The number of carboxylic acids is 1. The molecule has 2 aliphatic carbocycles. The number of rotatable bonds is 12. The lowest BCUT2D eigenvalue weighted by Gasteiger charge is -2.31. The van der Waals surface area contributed by atoms with Gasteiger partial charge in [0.25, 0.3) is 0 Å². The molecule has 0 amide bonds. The summed E-state index contributed by atoms with van der Waals surface area (Å²) in [5.74, 6) is -1.20. The maximum absolute atomic E-state index is 12.0. The summed E-state index contributed by atoms with van der Waals surface area (Å²) in [5, 5.41) is 19.5. The van der Waals surface area contributed by atoms with E-state index in [9.17, 15) is 15.2 Å². The molecule has 10 rings (SSSR count). The number of benzene rings is 7. The average molecular weight is 821 g/mol. The lowest BCUT2D eigenvalue weighted by atomic mass is 9.70. The van der Waals surface area contributed by atoms with Crippen LogP contribution in [0.4, 0.5) is 17.1 Å². The molecule has 0 saturated heterocycles. The molecule has 62 heavy (non-hydrogen) atoms. The first kappa shape index (κ1) is 38.9. The second-order valence-electron chi connectivity index (χ2n) is 16.2. The number of hydrogen-bond acceptors (Lipinski definition) is 4. The van der Waals surface area contributed by atoms with Gasteiger partial charge >= 0.3 is 5.97 Å². The first-order valence-corrected chi connectivity index (χ1v) is 22.3. The highest BCUT2D eigenvalue weighted by atomic mass is 32.1. The third kappa shape index (κ3) is 6.56. The lowest BCUT2D eigenvalue weighted by molar-refractivity contribution is -0.132. The zero-order chi connectivity index (χ0) is 42.2. The highest BCUT2D eigenvalue weighted by molar-refractivity contribution is 7.16. The maximum Gasteiger partial charge on any atom is 0.346 e. The summed E-state index contributed by atoms with van der Waals surface area (Å²) in [4.78, 5) is 16.2. The van der Waals surface area contributed by atoms with Crippen molar-refractivity contribution in [1.29, 1.82) is 5.26 Å². The molecule has 1 aromatic heterocycles. The van der Waals surface area contributed by atoms with E-state index in [-0.39, 0.29) is 5.57 Å². The summed E-state index contributed by atoms with van der Waals surface area (Å²) in [6, 6.07) is 65.7. The molecular weight excluding hydrogens is 777 g/mol. The van der Waals surface area contributed by atoms with Gasteiger partial charge in [-0.15, -0.1) is 11.3 Å². The van der Waals surface area contributed by atoms with Crippen molar-refractivity contribution in [1.82, 2.24) is 0 Å². The molecule has 1 spiro atoms.